The van der Waals surface area contributed by atoms with Gasteiger partial charge in [-0.05, 0) is 43.2 Å². The largest absolute Gasteiger partial charge is 0.383 e. The third-order valence-corrected chi connectivity index (χ3v) is 7.34. The van der Waals surface area contributed by atoms with Gasteiger partial charge >= 0.3 is 0 Å². The standard InChI is InChI=1S/C21H29N3O3S/c1-14-6-4-5-7-15(14)22-20(26)21(2)13-23-16-8-11-28-18(16)12-17(23)19(25)24(21)9-10-27-3/h8,11-12,14-15H,4-7,9-10,13H2,1-3H3,(H,22,26)/t14-,15+,21+/m0/s1. The Kier molecular flexibility index (Phi) is 5.22. The maximum Gasteiger partial charge on any atom is 0.271 e. The molecule has 0 saturated heterocycles. The van der Waals surface area contributed by atoms with Gasteiger partial charge in [0.1, 0.15) is 11.2 Å². The van der Waals surface area contributed by atoms with Crippen LogP contribution in [-0.4, -0.2) is 53.1 Å². The summed E-state index contributed by atoms with van der Waals surface area (Å²) in [6, 6.07) is 4.16. The van der Waals surface area contributed by atoms with Crippen molar-refractivity contribution in [3.63, 3.8) is 0 Å². The fourth-order valence-corrected chi connectivity index (χ4v) is 5.48. The quantitative estimate of drug-likeness (QED) is 0.833. The highest BCUT2D eigenvalue weighted by Crippen LogP contribution is 2.34. The first-order chi connectivity index (χ1) is 13.5. The van der Waals surface area contributed by atoms with Crippen LogP contribution in [0.3, 0.4) is 0 Å². The van der Waals surface area contributed by atoms with Crippen molar-refractivity contribution in [1.29, 1.82) is 0 Å². The minimum Gasteiger partial charge on any atom is -0.383 e. The first-order valence-electron chi connectivity index (χ1n) is 10.1. The Morgan fingerprint density at radius 1 is 1.39 bits per heavy atom. The molecule has 7 heteroatoms. The van der Waals surface area contributed by atoms with Crippen LogP contribution in [0.25, 0.3) is 10.2 Å². The van der Waals surface area contributed by atoms with Crippen molar-refractivity contribution < 1.29 is 14.3 Å². The molecule has 28 heavy (non-hydrogen) atoms. The second-order valence-electron chi connectivity index (χ2n) is 8.35. The molecule has 1 aliphatic heterocycles. The lowest BCUT2D eigenvalue weighted by molar-refractivity contribution is -0.134. The Morgan fingerprint density at radius 3 is 2.93 bits per heavy atom. The van der Waals surface area contributed by atoms with Gasteiger partial charge in [-0.3, -0.25) is 9.59 Å². The Balaban J connectivity index is 1.68. The fraction of sp³-hybridized carbons (Fsp3) is 0.619. The van der Waals surface area contributed by atoms with Gasteiger partial charge in [0.2, 0.25) is 5.91 Å². The van der Waals surface area contributed by atoms with Crippen LogP contribution < -0.4 is 5.32 Å². The van der Waals surface area contributed by atoms with E-state index >= 15 is 0 Å². The number of carbonyl (C=O) groups is 2. The predicted molar refractivity (Wildman–Crippen MR) is 111 cm³/mol. The van der Waals surface area contributed by atoms with Gasteiger partial charge in [-0.15, -0.1) is 11.3 Å². The molecule has 0 spiro atoms. The highest BCUT2D eigenvalue weighted by Gasteiger charge is 2.48. The summed E-state index contributed by atoms with van der Waals surface area (Å²) >= 11 is 1.62. The van der Waals surface area contributed by atoms with E-state index < -0.39 is 5.54 Å². The molecule has 0 unspecified atom stereocenters. The first kappa shape index (κ1) is 19.5. The number of nitrogens with zero attached hydrogens (tertiary/aromatic N) is 2. The number of nitrogens with one attached hydrogen (secondary N) is 1. The van der Waals surface area contributed by atoms with E-state index in [1.54, 1.807) is 23.3 Å². The molecule has 152 valence electrons. The molecule has 2 amide bonds. The molecule has 1 fully saturated rings. The second-order valence-corrected chi connectivity index (χ2v) is 9.30. The van der Waals surface area contributed by atoms with E-state index in [1.807, 2.05) is 29.0 Å². The van der Waals surface area contributed by atoms with Gasteiger partial charge in [0.25, 0.3) is 5.91 Å². The summed E-state index contributed by atoms with van der Waals surface area (Å²) in [6.45, 7) is 5.37. The number of hydrogen-bond acceptors (Lipinski definition) is 4. The first-order valence-corrected chi connectivity index (χ1v) is 11.0. The Morgan fingerprint density at radius 2 is 2.18 bits per heavy atom. The normalized spacial score (nSPS) is 27.8. The molecule has 3 atom stereocenters. The molecule has 2 aromatic heterocycles. The van der Waals surface area contributed by atoms with Crippen molar-refractivity contribution in [1.82, 2.24) is 14.8 Å². The molecular weight excluding hydrogens is 374 g/mol. The van der Waals surface area contributed by atoms with E-state index in [9.17, 15) is 9.59 Å². The lowest BCUT2D eigenvalue weighted by Gasteiger charge is -2.45. The Labute approximate surface area is 169 Å². The van der Waals surface area contributed by atoms with Crippen molar-refractivity contribution in [3.05, 3.63) is 23.2 Å². The van der Waals surface area contributed by atoms with Crippen molar-refractivity contribution in [3.8, 4) is 0 Å². The lowest BCUT2D eigenvalue weighted by atomic mass is 9.85. The van der Waals surface area contributed by atoms with Crippen molar-refractivity contribution in [2.45, 2.75) is 57.7 Å². The number of amides is 2. The molecule has 0 aromatic carbocycles. The van der Waals surface area contributed by atoms with Crippen LogP contribution >= 0.6 is 11.3 Å². The second kappa shape index (κ2) is 7.52. The number of carbonyl (C=O) groups excluding carboxylic acids is 2. The maximum atomic E-state index is 13.5. The number of thiophene rings is 1. The number of fused-ring (bicyclic) bond motifs is 3. The molecule has 6 nitrogen and oxygen atoms in total. The van der Waals surface area contributed by atoms with Crippen LogP contribution in [0.1, 0.15) is 50.0 Å². The van der Waals surface area contributed by atoms with Crippen molar-refractivity contribution in [2.24, 2.45) is 5.92 Å². The molecule has 0 radical (unpaired) electrons. The summed E-state index contributed by atoms with van der Waals surface area (Å²) in [4.78, 5) is 28.5. The van der Waals surface area contributed by atoms with Gasteiger partial charge in [-0.2, -0.15) is 0 Å². The minimum atomic E-state index is -0.937. The average Bonchev–Trinajstić information content (AvgIpc) is 3.26. The van der Waals surface area contributed by atoms with E-state index in [0.717, 1.165) is 29.5 Å². The van der Waals surface area contributed by atoms with E-state index in [0.29, 0.717) is 31.3 Å². The van der Waals surface area contributed by atoms with Crippen molar-refractivity contribution >= 4 is 33.4 Å². The molecular formula is C21H29N3O3S. The zero-order valence-corrected chi connectivity index (χ0v) is 17.7. The zero-order chi connectivity index (χ0) is 19.9. The van der Waals surface area contributed by atoms with Crippen LogP contribution in [0.15, 0.2) is 17.5 Å². The molecule has 1 aliphatic carbocycles. The summed E-state index contributed by atoms with van der Waals surface area (Å²) in [5, 5.41) is 5.31. The maximum absolute atomic E-state index is 13.5. The van der Waals surface area contributed by atoms with E-state index in [-0.39, 0.29) is 17.9 Å². The monoisotopic (exact) mass is 403 g/mol. The van der Waals surface area contributed by atoms with Crippen LogP contribution in [0.4, 0.5) is 0 Å². The molecule has 1 saturated carbocycles. The van der Waals surface area contributed by atoms with Gasteiger partial charge in [0, 0.05) is 19.7 Å². The summed E-state index contributed by atoms with van der Waals surface area (Å²) in [5.41, 5.74) is 0.757. The predicted octanol–water partition coefficient (Wildman–Crippen LogP) is 3.26. The van der Waals surface area contributed by atoms with Crippen LogP contribution in [0.5, 0.6) is 0 Å². The summed E-state index contributed by atoms with van der Waals surface area (Å²) < 4.78 is 8.33. The number of methoxy groups -OCH3 is 1. The smallest absolute Gasteiger partial charge is 0.271 e. The zero-order valence-electron chi connectivity index (χ0n) is 16.9. The molecule has 3 heterocycles. The summed E-state index contributed by atoms with van der Waals surface area (Å²) in [6.07, 6.45) is 4.53. The van der Waals surface area contributed by atoms with Crippen LogP contribution in [0.2, 0.25) is 0 Å². The Hall–Kier alpha value is -1.86. The molecule has 1 N–H and O–H groups in total. The summed E-state index contributed by atoms with van der Waals surface area (Å²) in [5.74, 6) is 0.318. The highest BCUT2D eigenvalue weighted by molar-refractivity contribution is 7.17. The van der Waals surface area contributed by atoms with Gasteiger partial charge in [0.15, 0.2) is 0 Å². The molecule has 2 aliphatic rings. The molecule has 0 bridgehead atoms. The van der Waals surface area contributed by atoms with Gasteiger partial charge in [-0.25, -0.2) is 0 Å². The van der Waals surface area contributed by atoms with E-state index in [1.165, 1.54) is 6.42 Å². The number of rotatable bonds is 5. The Bertz CT molecular complexity index is 889. The van der Waals surface area contributed by atoms with Crippen LogP contribution in [-0.2, 0) is 16.1 Å². The minimum absolute atomic E-state index is 0.0570. The number of hydrogen-bond donors (Lipinski definition) is 1. The third-order valence-electron chi connectivity index (χ3n) is 6.48. The van der Waals surface area contributed by atoms with Gasteiger partial charge in [-0.1, -0.05) is 19.8 Å². The lowest BCUT2D eigenvalue weighted by Crippen LogP contribution is -2.65. The molecule has 2 aromatic rings. The van der Waals surface area contributed by atoms with Gasteiger partial charge in [0.05, 0.1) is 23.4 Å². The van der Waals surface area contributed by atoms with E-state index in [2.05, 4.69) is 12.2 Å². The fourth-order valence-electron chi connectivity index (χ4n) is 4.66. The van der Waals surface area contributed by atoms with Gasteiger partial charge < -0.3 is 19.5 Å². The molecule has 4 rings (SSSR count). The summed E-state index contributed by atoms with van der Waals surface area (Å²) in [7, 11) is 1.62. The average molecular weight is 404 g/mol. The number of aromatic nitrogens is 1. The third kappa shape index (κ3) is 3.14. The van der Waals surface area contributed by atoms with Crippen molar-refractivity contribution in [2.75, 3.05) is 20.3 Å². The topological polar surface area (TPSA) is 63.6 Å². The van der Waals surface area contributed by atoms with E-state index in [4.69, 9.17) is 4.74 Å². The SMILES string of the molecule is COCCN1C(=O)c2cc3sccc3n2C[C@]1(C)C(=O)N[C@@H]1CCCC[C@@H]1C. The van der Waals surface area contributed by atoms with Crippen LogP contribution in [0, 0.1) is 5.92 Å². The number of ether oxygens (including phenoxy) is 1. The highest BCUT2D eigenvalue weighted by atomic mass is 32.1.